The molecule has 4 nitrogen and oxygen atoms in total. The van der Waals surface area contributed by atoms with Gasteiger partial charge in [-0.15, -0.1) is 0 Å². The van der Waals surface area contributed by atoms with Gasteiger partial charge in [-0.25, -0.2) is 4.98 Å². The highest BCUT2D eigenvalue weighted by Gasteiger charge is 2.17. The van der Waals surface area contributed by atoms with E-state index in [-0.39, 0.29) is 11.9 Å². The second-order valence-corrected chi connectivity index (χ2v) is 5.48. The first-order valence-corrected chi connectivity index (χ1v) is 7.10. The van der Waals surface area contributed by atoms with Gasteiger partial charge in [-0.1, -0.05) is 0 Å². The molecule has 1 fully saturated rings. The molecule has 5 heteroatoms. The second kappa shape index (κ2) is 6.29. The summed E-state index contributed by atoms with van der Waals surface area (Å²) in [5.74, 6) is -0.0679. The number of amides is 1. The van der Waals surface area contributed by atoms with Gasteiger partial charge in [0.25, 0.3) is 5.91 Å². The molecule has 1 aromatic heterocycles. The van der Waals surface area contributed by atoms with E-state index in [4.69, 9.17) is 0 Å². The third kappa shape index (κ3) is 3.53. The van der Waals surface area contributed by atoms with Crippen molar-refractivity contribution in [3.63, 3.8) is 0 Å². The average molecular weight is 312 g/mol. The summed E-state index contributed by atoms with van der Waals surface area (Å²) in [5, 5.41) is 3.01. The fourth-order valence-corrected chi connectivity index (χ4v) is 2.69. The molecule has 1 aliphatic heterocycles. The minimum Gasteiger partial charge on any atom is -0.348 e. The number of hydrogen-bond acceptors (Lipinski definition) is 3. The molecule has 0 radical (unpaired) electrons. The molecule has 1 amide bonds. The minimum absolute atomic E-state index is 0.0679. The molecule has 1 unspecified atom stereocenters. The maximum Gasteiger partial charge on any atom is 0.254 e. The standard InChI is InChI=1S/C13H18BrN3O/c1-10(9-17-7-2-3-8-17)16-13(18)11-5-4-6-15-12(11)14/h4-6,10H,2-3,7-9H2,1H3,(H,16,18). The van der Waals surface area contributed by atoms with Crippen LogP contribution < -0.4 is 5.32 Å². The third-order valence-corrected chi connectivity index (χ3v) is 3.74. The van der Waals surface area contributed by atoms with Crippen LogP contribution in [0.1, 0.15) is 30.1 Å². The van der Waals surface area contributed by atoms with Crippen molar-refractivity contribution >= 4 is 21.8 Å². The Morgan fingerprint density at radius 2 is 2.28 bits per heavy atom. The first-order chi connectivity index (χ1) is 8.66. The van der Waals surface area contributed by atoms with Crippen molar-refractivity contribution in [3.8, 4) is 0 Å². The minimum atomic E-state index is -0.0679. The largest absolute Gasteiger partial charge is 0.348 e. The summed E-state index contributed by atoms with van der Waals surface area (Å²) >= 11 is 3.29. The molecule has 0 saturated carbocycles. The van der Waals surface area contributed by atoms with Crippen LogP contribution in [0.2, 0.25) is 0 Å². The summed E-state index contributed by atoms with van der Waals surface area (Å²) < 4.78 is 0.593. The summed E-state index contributed by atoms with van der Waals surface area (Å²) in [4.78, 5) is 18.5. The fraction of sp³-hybridized carbons (Fsp3) is 0.538. The van der Waals surface area contributed by atoms with E-state index in [2.05, 4.69) is 31.1 Å². The molecule has 1 aliphatic rings. The van der Waals surface area contributed by atoms with Crippen LogP contribution in [0.25, 0.3) is 0 Å². The molecular formula is C13H18BrN3O. The topological polar surface area (TPSA) is 45.2 Å². The van der Waals surface area contributed by atoms with Gasteiger partial charge in [-0.3, -0.25) is 4.79 Å². The average Bonchev–Trinajstić information content (AvgIpc) is 2.82. The molecule has 1 N–H and O–H groups in total. The van der Waals surface area contributed by atoms with Crippen molar-refractivity contribution in [1.29, 1.82) is 0 Å². The number of likely N-dealkylation sites (tertiary alicyclic amines) is 1. The molecule has 2 heterocycles. The monoisotopic (exact) mass is 311 g/mol. The first-order valence-electron chi connectivity index (χ1n) is 6.30. The number of rotatable bonds is 4. The second-order valence-electron chi connectivity index (χ2n) is 4.72. The van der Waals surface area contributed by atoms with E-state index >= 15 is 0 Å². The van der Waals surface area contributed by atoms with E-state index in [1.54, 1.807) is 18.3 Å². The van der Waals surface area contributed by atoms with Crippen LogP contribution in [-0.4, -0.2) is 41.5 Å². The summed E-state index contributed by atoms with van der Waals surface area (Å²) in [6.45, 7) is 5.26. The normalized spacial score (nSPS) is 17.7. The third-order valence-electron chi connectivity index (χ3n) is 3.11. The molecule has 1 saturated heterocycles. The summed E-state index contributed by atoms with van der Waals surface area (Å²) in [7, 11) is 0. The van der Waals surface area contributed by atoms with Gasteiger partial charge in [0.2, 0.25) is 0 Å². The molecule has 0 aliphatic carbocycles. The SMILES string of the molecule is CC(CN1CCCC1)NC(=O)c1cccnc1Br. The Balaban J connectivity index is 1.88. The number of nitrogens with one attached hydrogen (secondary N) is 1. The maximum atomic E-state index is 12.1. The maximum absolute atomic E-state index is 12.1. The van der Waals surface area contributed by atoms with Gasteiger partial charge in [0.1, 0.15) is 4.60 Å². The zero-order chi connectivity index (χ0) is 13.0. The zero-order valence-electron chi connectivity index (χ0n) is 10.5. The molecule has 1 aromatic rings. The number of carbonyl (C=O) groups is 1. The smallest absolute Gasteiger partial charge is 0.254 e. The van der Waals surface area contributed by atoms with Gasteiger partial charge in [0, 0.05) is 18.8 Å². The Hall–Kier alpha value is -0.940. The number of hydrogen-bond donors (Lipinski definition) is 1. The van der Waals surface area contributed by atoms with E-state index < -0.39 is 0 Å². The lowest BCUT2D eigenvalue weighted by molar-refractivity contribution is 0.0930. The highest BCUT2D eigenvalue weighted by molar-refractivity contribution is 9.10. The number of carbonyl (C=O) groups excluding carboxylic acids is 1. The number of aromatic nitrogens is 1. The highest BCUT2D eigenvalue weighted by Crippen LogP contribution is 2.13. The van der Waals surface area contributed by atoms with Crippen LogP contribution in [0, 0.1) is 0 Å². The summed E-state index contributed by atoms with van der Waals surface area (Å²) in [5.41, 5.74) is 0.589. The fourth-order valence-electron chi connectivity index (χ4n) is 2.26. The predicted octanol–water partition coefficient (Wildman–Crippen LogP) is 2.06. The molecule has 1 atom stereocenters. The van der Waals surface area contributed by atoms with E-state index in [0.717, 1.165) is 19.6 Å². The Morgan fingerprint density at radius 1 is 1.56 bits per heavy atom. The van der Waals surface area contributed by atoms with Crippen LogP contribution in [0.4, 0.5) is 0 Å². The Bertz CT molecular complexity index is 418. The lowest BCUT2D eigenvalue weighted by Gasteiger charge is -2.21. The van der Waals surface area contributed by atoms with Crippen LogP contribution in [0.15, 0.2) is 22.9 Å². The van der Waals surface area contributed by atoms with Gasteiger partial charge >= 0.3 is 0 Å². The Labute approximate surface area is 116 Å². The highest BCUT2D eigenvalue weighted by atomic mass is 79.9. The molecular weight excluding hydrogens is 294 g/mol. The first kappa shape index (κ1) is 13.5. The van der Waals surface area contributed by atoms with E-state index in [1.165, 1.54) is 12.8 Å². The van der Waals surface area contributed by atoms with Crippen molar-refractivity contribution in [2.24, 2.45) is 0 Å². The van der Waals surface area contributed by atoms with Crippen molar-refractivity contribution in [2.45, 2.75) is 25.8 Å². The lowest BCUT2D eigenvalue weighted by Crippen LogP contribution is -2.41. The lowest BCUT2D eigenvalue weighted by atomic mass is 10.2. The summed E-state index contributed by atoms with van der Waals surface area (Å²) in [6, 6.07) is 3.70. The van der Waals surface area contributed by atoms with E-state index in [9.17, 15) is 4.79 Å². The molecule has 0 bridgehead atoms. The molecule has 0 spiro atoms. The quantitative estimate of drug-likeness (QED) is 0.866. The van der Waals surface area contributed by atoms with Crippen molar-refractivity contribution in [3.05, 3.63) is 28.5 Å². The summed E-state index contributed by atoms with van der Waals surface area (Å²) in [6.07, 6.45) is 4.21. The van der Waals surface area contributed by atoms with Crippen LogP contribution in [-0.2, 0) is 0 Å². The van der Waals surface area contributed by atoms with Gasteiger partial charge in [0.15, 0.2) is 0 Å². The number of nitrogens with zero attached hydrogens (tertiary/aromatic N) is 2. The van der Waals surface area contributed by atoms with Crippen molar-refractivity contribution in [1.82, 2.24) is 15.2 Å². The van der Waals surface area contributed by atoms with Crippen LogP contribution in [0.3, 0.4) is 0 Å². The van der Waals surface area contributed by atoms with Gasteiger partial charge in [-0.2, -0.15) is 0 Å². The van der Waals surface area contributed by atoms with Crippen molar-refractivity contribution in [2.75, 3.05) is 19.6 Å². The van der Waals surface area contributed by atoms with Gasteiger partial charge in [0.05, 0.1) is 5.56 Å². The van der Waals surface area contributed by atoms with Gasteiger partial charge < -0.3 is 10.2 Å². The zero-order valence-corrected chi connectivity index (χ0v) is 12.1. The van der Waals surface area contributed by atoms with Gasteiger partial charge in [-0.05, 0) is 60.9 Å². The molecule has 98 valence electrons. The van der Waals surface area contributed by atoms with E-state index in [0.29, 0.717) is 10.2 Å². The molecule has 2 rings (SSSR count). The molecule has 18 heavy (non-hydrogen) atoms. The molecule has 0 aromatic carbocycles. The number of halogens is 1. The van der Waals surface area contributed by atoms with Crippen LogP contribution in [0.5, 0.6) is 0 Å². The predicted molar refractivity (Wildman–Crippen MR) is 74.5 cm³/mol. The van der Waals surface area contributed by atoms with E-state index in [1.807, 2.05) is 6.92 Å². The number of pyridine rings is 1. The Kier molecular flexibility index (Phi) is 4.72. The Morgan fingerprint density at radius 3 is 2.94 bits per heavy atom. The van der Waals surface area contributed by atoms with Crippen molar-refractivity contribution < 1.29 is 4.79 Å². The van der Waals surface area contributed by atoms with Crippen LogP contribution >= 0.6 is 15.9 Å².